The smallest absolute Gasteiger partial charge is 0.319 e. The number of carbonyl (C=O) groups excluding carboxylic acids is 2. The fraction of sp³-hybridized carbons (Fsp3) is 0.652. The zero-order chi connectivity index (χ0) is 22.2. The van der Waals surface area contributed by atoms with E-state index in [-0.39, 0.29) is 25.1 Å². The molecule has 2 saturated heterocycles. The Kier molecular flexibility index (Phi) is 8.54. The van der Waals surface area contributed by atoms with E-state index in [0.717, 1.165) is 56.7 Å². The van der Waals surface area contributed by atoms with Crippen LogP contribution < -0.4 is 15.5 Å². The molecule has 0 saturated carbocycles. The van der Waals surface area contributed by atoms with Gasteiger partial charge in [0.25, 0.3) is 0 Å². The van der Waals surface area contributed by atoms with Crippen LogP contribution in [0.15, 0.2) is 24.3 Å². The van der Waals surface area contributed by atoms with E-state index in [0.29, 0.717) is 25.0 Å². The number of benzene rings is 1. The molecule has 31 heavy (non-hydrogen) atoms. The lowest BCUT2D eigenvalue weighted by Gasteiger charge is -2.43. The fourth-order valence-electron chi connectivity index (χ4n) is 4.82. The summed E-state index contributed by atoms with van der Waals surface area (Å²) in [6, 6.07) is 7.73. The number of carbonyl (C=O) groups is 2. The first kappa shape index (κ1) is 23.3. The van der Waals surface area contributed by atoms with Crippen molar-refractivity contribution in [1.82, 2.24) is 15.1 Å². The van der Waals surface area contributed by atoms with Gasteiger partial charge in [-0.1, -0.05) is 25.5 Å². The van der Waals surface area contributed by atoms with Crippen molar-refractivity contribution >= 4 is 23.3 Å². The molecule has 0 bridgehead atoms. The molecule has 2 fully saturated rings. The summed E-state index contributed by atoms with van der Waals surface area (Å²) in [6.45, 7) is 6.26. The number of nitrogens with one attached hydrogen (secondary N) is 2. The van der Waals surface area contributed by atoms with Crippen LogP contribution in [0.1, 0.15) is 32.6 Å². The maximum Gasteiger partial charge on any atom is 0.319 e. The lowest BCUT2D eigenvalue weighted by molar-refractivity contribution is -0.139. The summed E-state index contributed by atoms with van der Waals surface area (Å²) in [7, 11) is 2.15. The number of piperazine rings is 1. The van der Waals surface area contributed by atoms with E-state index in [4.69, 9.17) is 5.11 Å². The van der Waals surface area contributed by atoms with Crippen molar-refractivity contribution in [3.8, 4) is 0 Å². The first-order valence-corrected chi connectivity index (χ1v) is 11.5. The molecule has 0 aliphatic carbocycles. The average molecular weight is 432 g/mol. The van der Waals surface area contributed by atoms with Crippen LogP contribution in [-0.2, 0) is 4.79 Å². The van der Waals surface area contributed by atoms with E-state index in [9.17, 15) is 9.59 Å². The van der Waals surface area contributed by atoms with Crippen molar-refractivity contribution in [3.05, 3.63) is 24.3 Å². The topological polar surface area (TPSA) is 88.2 Å². The molecule has 2 aliphatic rings. The largest absolute Gasteiger partial charge is 0.395 e. The van der Waals surface area contributed by atoms with E-state index in [1.807, 2.05) is 29.2 Å². The molecular weight excluding hydrogens is 394 g/mol. The second-order valence-corrected chi connectivity index (χ2v) is 8.52. The molecule has 3 rings (SSSR count). The number of aliphatic hydroxyl groups excluding tert-OH is 1. The normalized spacial score (nSPS) is 22.3. The molecule has 3 amide bonds. The molecule has 0 spiro atoms. The predicted octanol–water partition coefficient (Wildman–Crippen LogP) is 1.96. The van der Waals surface area contributed by atoms with Gasteiger partial charge in [0.2, 0.25) is 5.91 Å². The summed E-state index contributed by atoms with van der Waals surface area (Å²) in [5.41, 5.74) is 1.68. The first-order chi connectivity index (χ1) is 15.0. The molecule has 8 heteroatoms. The number of likely N-dealkylation sites (tertiary alicyclic amines) is 1. The average Bonchev–Trinajstić information content (AvgIpc) is 2.79. The maximum absolute atomic E-state index is 13.3. The van der Waals surface area contributed by atoms with Gasteiger partial charge in [-0.3, -0.25) is 4.79 Å². The van der Waals surface area contributed by atoms with Gasteiger partial charge in [0.15, 0.2) is 0 Å². The van der Waals surface area contributed by atoms with Crippen LogP contribution in [0.2, 0.25) is 0 Å². The molecule has 0 aromatic heterocycles. The fourth-order valence-corrected chi connectivity index (χ4v) is 4.82. The summed E-state index contributed by atoms with van der Waals surface area (Å²) in [5.74, 6) is 0.411. The zero-order valence-corrected chi connectivity index (χ0v) is 18.8. The highest BCUT2D eigenvalue weighted by Crippen LogP contribution is 2.30. The van der Waals surface area contributed by atoms with Crippen molar-refractivity contribution < 1.29 is 14.7 Å². The number of hydrogen-bond acceptors (Lipinski definition) is 5. The van der Waals surface area contributed by atoms with Crippen LogP contribution in [0.4, 0.5) is 16.2 Å². The number of anilines is 2. The Balaban J connectivity index is 1.61. The van der Waals surface area contributed by atoms with Gasteiger partial charge in [0.05, 0.1) is 23.9 Å². The molecule has 1 aromatic rings. The monoisotopic (exact) mass is 431 g/mol. The van der Waals surface area contributed by atoms with Crippen molar-refractivity contribution in [1.29, 1.82) is 0 Å². The zero-order valence-electron chi connectivity index (χ0n) is 18.8. The van der Waals surface area contributed by atoms with Crippen LogP contribution in [0.5, 0.6) is 0 Å². The number of rotatable bonds is 7. The van der Waals surface area contributed by atoms with Crippen molar-refractivity contribution in [3.63, 3.8) is 0 Å². The molecule has 0 radical (unpaired) electrons. The van der Waals surface area contributed by atoms with Gasteiger partial charge >= 0.3 is 6.03 Å². The number of piperidine rings is 1. The minimum atomic E-state index is -0.335. The second-order valence-electron chi connectivity index (χ2n) is 8.52. The Hall–Kier alpha value is -2.32. The molecule has 2 atom stereocenters. The number of aliphatic hydroxyl groups is 1. The molecule has 2 unspecified atom stereocenters. The van der Waals surface area contributed by atoms with Gasteiger partial charge in [-0.2, -0.15) is 0 Å². The number of para-hydroxylation sites is 2. The lowest BCUT2D eigenvalue weighted by atomic mass is 9.85. The van der Waals surface area contributed by atoms with E-state index in [1.54, 1.807) is 0 Å². The third kappa shape index (κ3) is 5.89. The van der Waals surface area contributed by atoms with Crippen molar-refractivity contribution in [2.45, 2.75) is 38.6 Å². The molecule has 172 valence electrons. The van der Waals surface area contributed by atoms with Crippen molar-refractivity contribution in [2.75, 3.05) is 63.1 Å². The minimum Gasteiger partial charge on any atom is -0.395 e. The summed E-state index contributed by atoms with van der Waals surface area (Å²) in [6.07, 6.45) is 4.25. The molecule has 2 aliphatic heterocycles. The molecule has 8 nitrogen and oxygen atoms in total. The summed E-state index contributed by atoms with van der Waals surface area (Å²) >= 11 is 0. The summed E-state index contributed by atoms with van der Waals surface area (Å²) < 4.78 is 0. The van der Waals surface area contributed by atoms with Gasteiger partial charge < -0.3 is 30.4 Å². The molecule has 1 aromatic carbocycles. The van der Waals surface area contributed by atoms with Gasteiger partial charge in [0, 0.05) is 38.8 Å². The Morgan fingerprint density at radius 1 is 1.13 bits per heavy atom. The Morgan fingerprint density at radius 2 is 1.87 bits per heavy atom. The third-order valence-corrected chi connectivity index (χ3v) is 6.44. The van der Waals surface area contributed by atoms with E-state index < -0.39 is 0 Å². The Labute approximate surface area is 185 Å². The SMILES string of the molecule is CCCC1C(C(=O)N2CCN(c3ccccc3NC(=O)NCCO)CC2)CCCN1C. The summed E-state index contributed by atoms with van der Waals surface area (Å²) in [5, 5.41) is 14.4. The lowest BCUT2D eigenvalue weighted by Crippen LogP contribution is -2.55. The van der Waals surface area contributed by atoms with Gasteiger partial charge in [-0.15, -0.1) is 0 Å². The minimum absolute atomic E-state index is 0.0963. The van der Waals surface area contributed by atoms with Gasteiger partial charge in [0.1, 0.15) is 0 Å². The molecule has 2 heterocycles. The van der Waals surface area contributed by atoms with Crippen LogP contribution in [0.3, 0.4) is 0 Å². The van der Waals surface area contributed by atoms with Crippen LogP contribution in [-0.4, -0.2) is 85.8 Å². The van der Waals surface area contributed by atoms with E-state index in [2.05, 4.69) is 34.4 Å². The number of nitrogens with zero attached hydrogens (tertiary/aromatic N) is 3. The molecular formula is C23H37N5O3. The van der Waals surface area contributed by atoms with E-state index in [1.165, 1.54) is 0 Å². The Morgan fingerprint density at radius 3 is 2.58 bits per heavy atom. The first-order valence-electron chi connectivity index (χ1n) is 11.5. The highest BCUT2D eigenvalue weighted by molar-refractivity contribution is 5.93. The standard InChI is InChI=1S/C23H37N5O3/c1-3-7-20-18(8-6-12-26(20)2)22(30)28-15-13-27(14-16-28)21-10-5-4-9-19(21)25-23(31)24-11-17-29/h4-5,9-10,18,20,29H,3,6-8,11-17H2,1-2H3,(H2,24,25,31). The molecule has 3 N–H and O–H groups in total. The van der Waals surface area contributed by atoms with Crippen LogP contribution in [0.25, 0.3) is 0 Å². The van der Waals surface area contributed by atoms with Crippen molar-refractivity contribution in [2.24, 2.45) is 5.92 Å². The van der Waals surface area contributed by atoms with Gasteiger partial charge in [-0.05, 0) is 45.0 Å². The third-order valence-electron chi connectivity index (χ3n) is 6.44. The number of hydrogen-bond donors (Lipinski definition) is 3. The highest BCUT2D eigenvalue weighted by atomic mass is 16.3. The second kappa shape index (κ2) is 11.3. The number of amides is 3. The predicted molar refractivity (Wildman–Crippen MR) is 123 cm³/mol. The van der Waals surface area contributed by atoms with Crippen LogP contribution >= 0.6 is 0 Å². The quantitative estimate of drug-likeness (QED) is 0.614. The Bertz CT molecular complexity index is 736. The maximum atomic E-state index is 13.3. The highest BCUT2D eigenvalue weighted by Gasteiger charge is 2.36. The van der Waals surface area contributed by atoms with E-state index >= 15 is 0 Å². The van der Waals surface area contributed by atoms with Crippen LogP contribution in [0, 0.1) is 5.92 Å². The van der Waals surface area contributed by atoms with Gasteiger partial charge in [-0.25, -0.2) is 4.79 Å². The number of urea groups is 1. The summed E-state index contributed by atoms with van der Waals surface area (Å²) in [4.78, 5) is 32.0.